The number of methoxy groups -OCH3 is 1. The van der Waals surface area contributed by atoms with Crippen LogP contribution in [0.3, 0.4) is 0 Å². The van der Waals surface area contributed by atoms with Crippen LogP contribution in [0.25, 0.3) is 0 Å². The van der Waals surface area contributed by atoms with Gasteiger partial charge in [-0.1, -0.05) is 30.3 Å². The van der Waals surface area contributed by atoms with Gasteiger partial charge in [0.05, 0.1) is 24.6 Å². The summed E-state index contributed by atoms with van der Waals surface area (Å²) in [7, 11) is -1.76. The van der Waals surface area contributed by atoms with Crippen molar-refractivity contribution in [1.29, 1.82) is 0 Å². The van der Waals surface area contributed by atoms with Crippen LogP contribution < -0.4 is 0 Å². The minimum Gasteiger partial charge on any atom is -0.384 e. The highest BCUT2D eigenvalue weighted by Crippen LogP contribution is 2.30. The van der Waals surface area contributed by atoms with Crippen molar-refractivity contribution in [3.8, 4) is 0 Å². The lowest BCUT2D eigenvalue weighted by Crippen LogP contribution is -2.39. The molecule has 0 saturated heterocycles. The Hall–Kier alpha value is -1.70. The summed E-state index contributed by atoms with van der Waals surface area (Å²) in [5.41, 5.74) is 2.73. The number of hydrogen-bond acceptors (Lipinski definition) is 4. The lowest BCUT2D eigenvalue weighted by Gasteiger charge is -2.31. The largest absolute Gasteiger partial charge is 0.384 e. The second-order valence-electron chi connectivity index (χ2n) is 6.07. The third kappa shape index (κ3) is 3.53. The van der Waals surface area contributed by atoms with Crippen molar-refractivity contribution in [2.75, 3.05) is 20.3 Å². The van der Waals surface area contributed by atoms with Crippen LogP contribution >= 0.6 is 0 Å². The summed E-state index contributed by atoms with van der Waals surface area (Å²) in [6.45, 7) is 4.04. The number of hydrogen-bond donors (Lipinski definition) is 0. The number of fused-ring (bicyclic) bond motifs is 1. The van der Waals surface area contributed by atoms with Gasteiger partial charge in [-0.05, 0) is 12.5 Å². The van der Waals surface area contributed by atoms with E-state index in [0.29, 0.717) is 19.7 Å². The van der Waals surface area contributed by atoms with Crippen molar-refractivity contribution in [2.24, 2.45) is 0 Å². The highest BCUT2D eigenvalue weighted by atomic mass is 32.2. The van der Waals surface area contributed by atoms with Gasteiger partial charge in [0.15, 0.2) is 0 Å². The molecule has 0 amide bonds. The molecule has 2 heterocycles. The van der Waals surface area contributed by atoms with Gasteiger partial charge in [-0.15, -0.1) is 0 Å². The second-order valence-corrected chi connectivity index (χ2v) is 8.04. The van der Waals surface area contributed by atoms with Gasteiger partial charge in [-0.25, -0.2) is 8.42 Å². The minimum atomic E-state index is -3.40. The molecular weight excluding hydrogens is 326 g/mol. The molecule has 0 N–H and O–H groups in total. The van der Waals surface area contributed by atoms with Gasteiger partial charge in [0.25, 0.3) is 0 Å². The Morgan fingerprint density at radius 3 is 2.71 bits per heavy atom. The van der Waals surface area contributed by atoms with Crippen LogP contribution in [0.15, 0.2) is 36.5 Å². The number of aromatic nitrogens is 2. The maximum absolute atomic E-state index is 12.8. The monoisotopic (exact) mass is 349 g/mol. The Kier molecular flexibility index (Phi) is 5.03. The molecule has 0 spiro atoms. The molecule has 1 aromatic heterocycles. The molecule has 7 heteroatoms. The zero-order valence-electron chi connectivity index (χ0n) is 14.1. The Bertz CT molecular complexity index is 787. The highest BCUT2D eigenvalue weighted by Gasteiger charge is 2.34. The molecule has 130 valence electrons. The summed E-state index contributed by atoms with van der Waals surface area (Å²) in [4.78, 5) is 0. The number of sulfonamides is 1. The van der Waals surface area contributed by atoms with Crippen molar-refractivity contribution in [3.05, 3.63) is 53.3 Å². The number of ether oxygens (including phenoxy) is 1. The van der Waals surface area contributed by atoms with E-state index in [9.17, 15) is 8.42 Å². The summed E-state index contributed by atoms with van der Waals surface area (Å²) in [5, 5.41) is 4.53. The molecule has 1 aliphatic rings. The van der Waals surface area contributed by atoms with E-state index >= 15 is 0 Å². The number of aryl methyl sites for hydroxylation is 1. The highest BCUT2D eigenvalue weighted by molar-refractivity contribution is 7.88. The van der Waals surface area contributed by atoms with E-state index in [1.807, 2.05) is 48.1 Å². The summed E-state index contributed by atoms with van der Waals surface area (Å²) >= 11 is 0. The van der Waals surface area contributed by atoms with Crippen LogP contribution in [0.5, 0.6) is 0 Å². The summed E-state index contributed by atoms with van der Waals surface area (Å²) in [5.74, 6) is 0.0294. The maximum Gasteiger partial charge on any atom is 0.218 e. The number of rotatable bonds is 6. The van der Waals surface area contributed by atoms with Gasteiger partial charge >= 0.3 is 0 Å². The maximum atomic E-state index is 12.8. The molecule has 6 nitrogen and oxygen atoms in total. The van der Waals surface area contributed by atoms with Gasteiger partial charge < -0.3 is 4.74 Å². The second kappa shape index (κ2) is 7.04. The standard InChI is InChI=1S/C17H23N3O3S/c1-3-19-10-16-15(12-23-2)9-20(11-17(16)18-19)24(21,22)13-14-7-5-4-6-8-14/h4-8,10,15H,3,9,11-13H2,1-2H3/t15-/m0/s1. The van der Waals surface area contributed by atoms with E-state index in [4.69, 9.17) is 4.74 Å². The predicted molar refractivity (Wildman–Crippen MR) is 92.0 cm³/mol. The van der Waals surface area contributed by atoms with Crippen LogP contribution in [0, 0.1) is 0 Å². The summed E-state index contributed by atoms with van der Waals surface area (Å²) < 4.78 is 34.4. The normalized spacial score (nSPS) is 18.5. The van der Waals surface area contributed by atoms with Crippen molar-refractivity contribution >= 4 is 10.0 Å². The van der Waals surface area contributed by atoms with Crippen molar-refractivity contribution in [1.82, 2.24) is 14.1 Å². The molecule has 0 fully saturated rings. The van der Waals surface area contributed by atoms with Gasteiger partial charge in [-0.3, -0.25) is 4.68 Å². The number of nitrogens with zero attached hydrogens (tertiary/aromatic N) is 3. The molecule has 1 aromatic carbocycles. The fourth-order valence-corrected chi connectivity index (χ4v) is 4.63. The van der Waals surface area contributed by atoms with Crippen LogP contribution in [0.2, 0.25) is 0 Å². The SMILES string of the molecule is CCn1cc2c(n1)CN(S(=O)(=O)Cc1ccccc1)C[C@H]2COC. The molecule has 24 heavy (non-hydrogen) atoms. The number of benzene rings is 1. The minimum absolute atomic E-state index is 0.0113. The first kappa shape index (κ1) is 17.1. The first-order chi connectivity index (χ1) is 11.5. The first-order valence-electron chi connectivity index (χ1n) is 8.10. The zero-order valence-corrected chi connectivity index (χ0v) is 14.9. The van der Waals surface area contributed by atoms with E-state index in [2.05, 4.69) is 5.10 Å². The van der Waals surface area contributed by atoms with Crippen molar-refractivity contribution < 1.29 is 13.2 Å². The third-order valence-corrected chi connectivity index (χ3v) is 6.10. The van der Waals surface area contributed by atoms with Gasteiger partial charge in [0, 0.05) is 37.9 Å². The average molecular weight is 349 g/mol. The Balaban J connectivity index is 1.86. The van der Waals surface area contributed by atoms with E-state index in [1.54, 1.807) is 11.4 Å². The van der Waals surface area contributed by atoms with Crippen LogP contribution in [-0.4, -0.2) is 42.8 Å². The van der Waals surface area contributed by atoms with Crippen LogP contribution in [-0.2, 0) is 33.6 Å². The van der Waals surface area contributed by atoms with Gasteiger partial charge in [0.2, 0.25) is 10.0 Å². The van der Waals surface area contributed by atoms with Crippen molar-refractivity contribution in [3.63, 3.8) is 0 Å². The van der Waals surface area contributed by atoms with Crippen LogP contribution in [0.1, 0.15) is 29.7 Å². The zero-order chi connectivity index (χ0) is 17.2. The fraction of sp³-hybridized carbons (Fsp3) is 0.471. The molecular formula is C17H23N3O3S. The van der Waals surface area contributed by atoms with Crippen LogP contribution in [0.4, 0.5) is 0 Å². The van der Waals surface area contributed by atoms with Crippen molar-refractivity contribution in [2.45, 2.75) is 31.7 Å². The smallest absolute Gasteiger partial charge is 0.218 e. The Labute approximate surface area is 143 Å². The molecule has 2 aromatic rings. The summed E-state index contributed by atoms with van der Waals surface area (Å²) in [6.07, 6.45) is 2.01. The Morgan fingerprint density at radius 2 is 2.04 bits per heavy atom. The van der Waals surface area contributed by atoms with Gasteiger partial charge in [-0.2, -0.15) is 9.40 Å². The molecule has 0 saturated carbocycles. The van der Waals surface area contributed by atoms with E-state index < -0.39 is 10.0 Å². The molecule has 0 radical (unpaired) electrons. The molecule has 0 bridgehead atoms. The van der Waals surface area contributed by atoms with Gasteiger partial charge in [0.1, 0.15) is 0 Å². The fourth-order valence-electron chi connectivity index (χ4n) is 3.11. The third-order valence-electron chi connectivity index (χ3n) is 4.34. The van der Waals surface area contributed by atoms with E-state index in [-0.39, 0.29) is 11.7 Å². The summed E-state index contributed by atoms with van der Waals surface area (Å²) in [6, 6.07) is 9.28. The molecule has 1 atom stereocenters. The average Bonchev–Trinajstić information content (AvgIpc) is 2.99. The Morgan fingerprint density at radius 1 is 1.29 bits per heavy atom. The van der Waals surface area contributed by atoms with E-state index in [1.165, 1.54) is 0 Å². The quantitative estimate of drug-likeness (QED) is 0.800. The first-order valence-corrected chi connectivity index (χ1v) is 9.71. The van der Waals surface area contributed by atoms with E-state index in [0.717, 1.165) is 23.4 Å². The topological polar surface area (TPSA) is 64.4 Å². The predicted octanol–water partition coefficient (Wildman–Crippen LogP) is 1.98. The molecule has 0 unspecified atom stereocenters. The molecule has 3 rings (SSSR count). The molecule has 0 aliphatic carbocycles. The lowest BCUT2D eigenvalue weighted by atomic mass is 9.97. The lowest BCUT2D eigenvalue weighted by molar-refractivity contribution is 0.162. The molecule has 1 aliphatic heterocycles.